The summed E-state index contributed by atoms with van der Waals surface area (Å²) in [6.07, 6.45) is 7.71. The van der Waals surface area contributed by atoms with Crippen molar-refractivity contribution in [2.45, 2.75) is 80.8 Å². The molecule has 0 aliphatic heterocycles. The minimum absolute atomic E-state index is 0.323. The van der Waals surface area contributed by atoms with E-state index in [9.17, 15) is 0 Å². The summed E-state index contributed by atoms with van der Waals surface area (Å²) in [5.74, 6) is 0. The van der Waals surface area contributed by atoms with Crippen molar-refractivity contribution >= 4 is 23.5 Å². The molecular formula is C15H34N2S2. The number of unbranched alkanes of at least 4 members (excludes halogenated alkanes) is 2. The molecule has 0 radical (unpaired) electrons. The van der Waals surface area contributed by atoms with Crippen LogP contribution >= 0.6 is 23.5 Å². The number of rotatable bonds is 12. The maximum Gasteiger partial charge on any atom is 0.0617 e. The van der Waals surface area contributed by atoms with Crippen LogP contribution in [0.1, 0.15) is 66.2 Å². The zero-order chi connectivity index (χ0) is 14.7. The molecule has 0 amide bonds. The third-order valence-electron chi connectivity index (χ3n) is 3.32. The third-order valence-corrected chi connectivity index (χ3v) is 6.76. The molecule has 0 spiro atoms. The average molecular weight is 307 g/mol. The number of hydrogen-bond acceptors (Lipinski definition) is 4. The highest BCUT2D eigenvalue weighted by atomic mass is 32.2. The first-order valence-electron chi connectivity index (χ1n) is 7.79. The van der Waals surface area contributed by atoms with Crippen molar-refractivity contribution in [3.63, 3.8) is 0 Å². The van der Waals surface area contributed by atoms with Crippen LogP contribution in [-0.4, -0.2) is 27.7 Å². The molecule has 0 saturated heterocycles. The fourth-order valence-electron chi connectivity index (χ4n) is 2.11. The molecular weight excluding hydrogens is 272 g/mol. The van der Waals surface area contributed by atoms with Crippen molar-refractivity contribution in [3.05, 3.63) is 0 Å². The monoisotopic (exact) mass is 306 g/mol. The zero-order valence-corrected chi connectivity index (χ0v) is 14.9. The molecule has 0 aromatic heterocycles. The second-order valence-electron chi connectivity index (χ2n) is 5.45. The van der Waals surface area contributed by atoms with Crippen LogP contribution in [0.5, 0.6) is 0 Å². The molecule has 0 rings (SSSR count). The van der Waals surface area contributed by atoms with E-state index in [0.29, 0.717) is 14.6 Å². The molecule has 0 bridgehead atoms. The normalized spacial score (nSPS) is 15.5. The Balaban J connectivity index is 4.82. The first-order chi connectivity index (χ1) is 9.03. The van der Waals surface area contributed by atoms with Crippen LogP contribution in [0.3, 0.4) is 0 Å². The van der Waals surface area contributed by atoms with Gasteiger partial charge in [-0.25, -0.2) is 0 Å². The lowest BCUT2D eigenvalue weighted by atomic mass is 10.1. The first kappa shape index (κ1) is 19.6. The van der Waals surface area contributed by atoms with Gasteiger partial charge in [-0.05, 0) is 12.8 Å². The van der Waals surface area contributed by atoms with Gasteiger partial charge in [-0.15, -0.1) is 23.5 Å². The maximum absolute atomic E-state index is 5.85. The van der Waals surface area contributed by atoms with Crippen molar-refractivity contribution in [1.29, 1.82) is 0 Å². The summed E-state index contributed by atoms with van der Waals surface area (Å²) < 4.78 is 0.323. The quantitative estimate of drug-likeness (QED) is 0.530. The summed E-state index contributed by atoms with van der Waals surface area (Å²) in [5, 5.41) is 1.07. The fourth-order valence-corrected chi connectivity index (χ4v) is 6.03. The lowest BCUT2D eigenvalue weighted by Gasteiger charge is -2.37. The Morgan fingerprint density at radius 3 is 1.47 bits per heavy atom. The Kier molecular flexibility index (Phi) is 11.7. The molecule has 0 aromatic carbocycles. The number of thioether (sulfide) groups is 2. The second-order valence-corrected chi connectivity index (χ2v) is 9.35. The Morgan fingerprint density at radius 1 is 0.842 bits per heavy atom. The Morgan fingerprint density at radius 2 is 1.21 bits per heavy atom. The van der Waals surface area contributed by atoms with Crippen LogP contribution in [0.25, 0.3) is 0 Å². The predicted octanol–water partition coefficient (Wildman–Crippen LogP) is 4.22. The minimum Gasteiger partial charge on any atom is -0.329 e. The molecule has 0 aliphatic carbocycles. The van der Waals surface area contributed by atoms with Crippen LogP contribution in [-0.2, 0) is 0 Å². The van der Waals surface area contributed by atoms with E-state index in [0.717, 1.165) is 13.1 Å². The van der Waals surface area contributed by atoms with Crippen LogP contribution in [0.2, 0.25) is 0 Å². The summed E-state index contributed by atoms with van der Waals surface area (Å²) in [4.78, 5) is 0. The first-order valence-corrected chi connectivity index (χ1v) is 9.55. The van der Waals surface area contributed by atoms with Crippen LogP contribution in [0.4, 0.5) is 0 Å². The van der Waals surface area contributed by atoms with Gasteiger partial charge in [-0.1, -0.05) is 53.4 Å². The van der Waals surface area contributed by atoms with E-state index in [1.165, 1.54) is 38.5 Å². The Bertz CT molecular complexity index is 190. The van der Waals surface area contributed by atoms with Crippen molar-refractivity contribution in [1.82, 2.24) is 0 Å². The van der Waals surface area contributed by atoms with E-state index in [4.69, 9.17) is 11.5 Å². The van der Waals surface area contributed by atoms with E-state index >= 15 is 0 Å². The molecule has 0 aliphatic rings. The van der Waals surface area contributed by atoms with Gasteiger partial charge in [0.05, 0.1) is 4.08 Å². The molecule has 2 atom stereocenters. The standard InChI is InChI=1S/C15H34N2S2/c1-5-7-9-15(10-8-6-2,18-13(3)11-16)19-14(4)12-17/h13-14H,5-12,16-17H2,1-4H3. The molecule has 0 aromatic rings. The second kappa shape index (κ2) is 11.3. The molecule has 19 heavy (non-hydrogen) atoms. The van der Waals surface area contributed by atoms with E-state index in [1.54, 1.807) is 0 Å². The van der Waals surface area contributed by atoms with Gasteiger partial charge in [0, 0.05) is 23.6 Å². The van der Waals surface area contributed by atoms with Crippen LogP contribution < -0.4 is 11.5 Å². The van der Waals surface area contributed by atoms with Gasteiger partial charge in [-0.2, -0.15) is 0 Å². The van der Waals surface area contributed by atoms with Crippen molar-refractivity contribution in [2.75, 3.05) is 13.1 Å². The summed E-state index contributed by atoms with van der Waals surface area (Å²) in [7, 11) is 0. The van der Waals surface area contributed by atoms with Gasteiger partial charge < -0.3 is 11.5 Å². The molecule has 4 heteroatoms. The van der Waals surface area contributed by atoms with Crippen molar-refractivity contribution in [3.8, 4) is 0 Å². The van der Waals surface area contributed by atoms with Crippen molar-refractivity contribution < 1.29 is 0 Å². The van der Waals surface area contributed by atoms with Gasteiger partial charge in [0.15, 0.2) is 0 Å². The molecule has 2 nitrogen and oxygen atoms in total. The Hall–Kier alpha value is 0.620. The largest absolute Gasteiger partial charge is 0.329 e. The molecule has 0 fully saturated rings. The number of nitrogens with two attached hydrogens (primary N) is 2. The maximum atomic E-state index is 5.85. The average Bonchev–Trinajstić information content (AvgIpc) is 2.42. The Labute approximate surface area is 129 Å². The predicted molar refractivity (Wildman–Crippen MR) is 94.0 cm³/mol. The molecule has 4 N–H and O–H groups in total. The van der Waals surface area contributed by atoms with Gasteiger partial charge >= 0.3 is 0 Å². The van der Waals surface area contributed by atoms with Gasteiger partial charge in [0.25, 0.3) is 0 Å². The zero-order valence-electron chi connectivity index (χ0n) is 13.3. The van der Waals surface area contributed by atoms with Crippen LogP contribution in [0.15, 0.2) is 0 Å². The summed E-state index contributed by atoms with van der Waals surface area (Å²) >= 11 is 4.20. The van der Waals surface area contributed by atoms with E-state index < -0.39 is 0 Å². The third kappa shape index (κ3) is 8.49. The van der Waals surface area contributed by atoms with Gasteiger partial charge in [-0.3, -0.25) is 0 Å². The van der Waals surface area contributed by atoms with Gasteiger partial charge in [0.1, 0.15) is 0 Å². The van der Waals surface area contributed by atoms with E-state index in [2.05, 4.69) is 51.2 Å². The topological polar surface area (TPSA) is 52.0 Å². The number of hydrogen-bond donors (Lipinski definition) is 2. The highest BCUT2D eigenvalue weighted by molar-refractivity contribution is 8.18. The van der Waals surface area contributed by atoms with E-state index in [-0.39, 0.29) is 0 Å². The summed E-state index contributed by atoms with van der Waals surface area (Å²) in [6, 6.07) is 0. The minimum atomic E-state index is 0.323. The smallest absolute Gasteiger partial charge is 0.0617 e. The highest BCUT2D eigenvalue weighted by Gasteiger charge is 2.33. The summed E-state index contributed by atoms with van der Waals surface area (Å²) in [5.41, 5.74) is 11.7. The van der Waals surface area contributed by atoms with Crippen molar-refractivity contribution in [2.24, 2.45) is 11.5 Å². The van der Waals surface area contributed by atoms with Crippen LogP contribution in [0, 0.1) is 0 Å². The summed E-state index contributed by atoms with van der Waals surface area (Å²) in [6.45, 7) is 10.6. The SMILES string of the molecule is CCCCC(CCCC)(SC(C)CN)SC(C)CN. The molecule has 0 heterocycles. The molecule has 116 valence electrons. The molecule has 0 saturated carbocycles. The van der Waals surface area contributed by atoms with Gasteiger partial charge in [0.2, 0.25) is 0 Å². The highest BCUT2D eigenvalue weighted by Crippen LogP contribution is 2.49. The molecule has 2 unspecified atom stereocenters. The lowest BCUT2D eigenvalue weighted by molar-refractivity contribution is 0.580. The fraction of sp³-hybridized carbons (Fsp3) is 1.00. The van der Waals surface area contributed by atoms with E-state index in [1.807, 2.05) is 0 Å². The lowest BCUT2D eigenvalue weighted by Crippen LogP contribution is -2.30.